The van der Waals surface area contributed by atoms with Crippen molar-refractivity contribution in [2.24, 2.45) is 0 Å². The Balaban J connectivity index is 1.83. The van der Waals surface area contributed by atoms with Gasteiger partial charge in [0.05, 0.1) is 0 Å². The maximum absolute atomic E-state index is 2.58. The van der Waals surface area contributed by atoms with Crippen molar-refractivity contribution in [2.45, 2.75) is 92.4 Å². The van der Waals surface area contributed by atoms with Gasteiger partial charge in [-0.05, 0) is 127 Å². The zero-order valence-corrected chi connectivity index (χ0v) is 27.5. The van der Waals surface area contributed by atoms with Gasteiger partial charge in [-0.2, -0.15) is 0 Å². The molecule has 4 aromatic rings. The van der Waals surface area contributed by atoms with Crippen molar-refractivity contribution in [1.29, 1.82) is 0 Å². The first-order valence-electron chi connectivity index (χ1n) is 17.2. The minimum atomic E-state index is 1.01. The summed E-state index contributed by atoms with van der Waals surface area (Å²) in [5.41, 5.74) is 19.5. The van der Waals surface area contributed by atoms with Crippen LogP contribution >= 0.6 is 0 Å². The summed E-state index contributed by atoms with van der Waals surface area (Å²) in [4.78, 5) is 0. The molecule has 0 aromatic heterocycles. The summed E-state index contributed by atoms with van der Waals surface area (Å²) < 4.78 is 0. The van der Waals surface area contributed by atoms with E-state index in [1.807, 2.05) is 0 Å². The van der Waals surface area contributed by atoms with Crippen LogP contribution in [0.1, 0.15) is 110 Å². The molecule has 0 heterocycles. The summed E-state index contributed by atoms with van der Waals surface area (Å²) in [5, 5.41) is 2.90. The Morgan fingerprint density at radius 1 is 0.614 bits per heavy atom. The molecule has 0 N–H and O–H groups in total. The molecule has 0 amide bonds. The fourth-order valence-electron chi connectivity index (χ4n) is 7.98. The van der Waals surface area contributed by atoms with Crippen molar-refractivity contribution in [2.75, 3.05) is 0 Å². The molecule has 0 saturated heterocycles. The van der Waals surface area contributed by atoms with Gasteiger partial charge in [-0.3, -0.25) is 0 Å². The van der Waals surface area contributed by atoms with Gasteiger partial charge in [0.15, 0.2) is 0 Å². The number of benzene rings is 4. The molecule has 0 unspecified atom stereocenters. The predicted molar refractivity (Wildman–Crippen MR) is 192 cm³/mol. The van der Waals surface area contributed by atoms with Gasteiger partial charge in [0, 0.05) is 0 Å². The lowest BCUT2D eigenvalue weighted by Gasteiger charge is -2.26. The summed E-state index contributed by atoms with van der Waals surface area (Å²) in [7, 11) is 0. The van der Waals surface area contributed by atoms with Gasteiger partial charge in [-0.25, -0.2) is 0 Å². The smallest absolute Gasteiger partial charge is 0.00331 e. The van der Waals surface area contributed by atoms with Gasteiger partial charge in [0.25, 0.3) is 0 Å². The van der Waals surface area contributed by atoms with Gasteiger partial charge in [-0.15, -0.1) is 0 Å². The Labute approximate surface area is 265 Å². The van der Waals surface area contributed by atoms with Crippen molar-refractivity contribution in [3.05, 3.63) is 145 Å². The molecule has 0 saturated carbocycles. The van der Waals surface area contributed by atoms with Crippen LogP contribution in [0.5, 0.6) is 0 Å². The lowest BCUT2D eigenvalue weighted by atomic mass is 9.78. The number of fused-ring (bicyclic) bond motifs is 3. The Morgan fingerprint density at radius 2 is 1.23 bits per heavy atom. The predicted octanol–water partition coefficient (Wildman–Crippen LogP) is 10.1. The number of allylic oxidation sites excluding steroid dienone is 4. The van der Waals surface area contributed by atoms with Gasteiger partial charge < -0.3 is 0 Å². The molecule has 0 heteroatoms. The second-order valence-electron chi connectivity index (χ2n) is 12.5. The SMILES string of the molecule is CCCc1c(CC)c(C2=CC=CC2)c2c(c1CCC)-c1c(CCC)c(=C(c3ccccc3)c3ccccc3)c(CC)cc1=C2. The quantitative estimate of drug-likeness (QED) is 0.147. The lowest BCUT2D eigenvalue weighted by Crippen LogP contribution is -2.26. The minimum absolute atomic E-state index is 1.01. The maximum Gasteiger partial charge on any atom is -0.00331 e. The molecule has 2 aliphatic rings. The van der Waals surface area contributed by atoms with E-state index in [2.05, 4.69) is 126 Å². The van der Waals surface area contributed by atoms with Crippen LogP contribution in [-0.4, -0.2) is 0 Å². The van der Waals surface area contributed by atoms with E-state index in [9.17, 15) is 0 Å². The topological polar surface area (TPSA) is 0 Å². The van der Waals surface area contributed by atoms with E-state index in [0.717, 1.165) is 44.9 Å². The first kappa shape index (κ1) is 30.1. The Morgan fingerprint density at radius 3 is 1.77 bits per heavy atom. The zero-order valence-electron chi connectivity index (χ0n) is 27.5. The van der Waals surface area contributed by atoms with Crippen LogP contribution in [0.15, 0.2) is 85.0 Å². The summed E-state index contributed by atoms with van der Waals surface area (Å²) in [6.45, 7) is 11.8. The van der Waals surface area contributed by atoms with Gasteiger partial charge >= 0.3 is 0 Å². The highest BCUT2D eigenvalue weighted by Gasteiger charge is 2.30. The van der Waals surface area contributed by atoms with E-state index < -0.39 is 0 Å². The van der Waals surface area contributed by atoms with Crippen LogP contribution in [0.4, 0.5) is 0 Å². The van der Waals surface area contributed by atoms with Crippen LogP contribution in [-0.2, 0) is 32.1 Å². The van der Waals surface area contributed by atoms with Crippen molar-refractivity contribution in [1.82, 2.24) is 0 Å². The molecular weight excluding hydrogens is 528 g/mol. The van der Waals surface area contributed by atoms with Gasteiger partial charge in [-0.1, -0.05) is 139 Å². The monoisotopic (exact) mass is 576 g/mol. The summed E-state index contributed by atoms with van der Waals surface area (Å²) in [6, 6.07) is 24.8. The number of hydrogen-bond donors (Lipinski definition) is 0. The molecule has 0 fully saturated rings. The standard InChI is InChI=1S/C44H48/c1-6-19-36-35(10-5)41(33-26-17-18-27-33)39-29-34-28-30(9-4)42(38(21-8-3)43(34)44(39)37(36)20-7-2)40(31-22-13-11-14-23-31)32-24-15-12-16-25-32/h11-18,22-26,28-29H,6-10,19-21,27H2,1-5H3. The molecule has 0 bridgehead atoms. The van der Waals surface area contributed by atoms with Crippen molar-refractivity contribution in [3.63, 3.8) is 0 Å². The van der Waals surface area contributed by atoms with Crippen LogP contribution in [0, 0.1) is 0 Å². The second kappa shape index (κ2) is 13.4. The zero-order chi connectivity index (χ0) is 30.6. The molecular formula is C44H48. The van der Waals surface area contributed by atoms with Crippen LogP contribution in [0.25, 0.3) is 28.3 Å². The normalized spacial score (nSPS) is 13.1. The first-order valence-corrected chi connectivity index (χ1v) is 17.2. The third-order valence-electron chi connectivity index (χ3n) is 9.67. The molecule has 0 nitrogen and oxygen atoms in total. The molecule has 4 aromatic carbocycles. The van der Waals surface area contributed by atoms with Gasteiger partial charge in [0.2, 0.25) is 0 Å². The van der Waals surface area contributed by atoms with E-state index in [1.54, 1.807) is 27.8 Å². The van der Waals surface area contributed by atoms with E-state index in [4.69, 9.17) is 0 Å². The first-order chi connectivity index (χ1) is 21.7. The van der Waals surface area contributed by atoms with Crippen LogP contribution in [0.2, 0.25) is 0 Å². The second-order valence-corrected chi connectivity index (χ2v) is 12.5. The van der Waals surface area contributed by atoms with Crippen LogP contribution < -0.4 is 10.4 Å². The van der Waals surface area contributed by atoms with Crippen molar-refractivity contribution in [3.8, 4) is 11.1 Å². The fourth-order valence-corrected chi connectivity index (χ4v) is 7.98. The molecule has 0 atom stereocenters. The van der Waals surface area contributed by atoms with E-state index in [1.165, 1.54) is 67.8 Å². The van der Waals surface area contributed by atoms with E-state index in [0.29, 0.717) is 0 Å². The Hall–Kier alpha value is -3.90. The third-order valence-corrected chi connectivity index (χ3v) is 9.67. The highest BCUT2D eigenvalue weighted by Crippen LogP contribution is 2.44. The molecule has 0 radical (unpaired) electrons. The molecule has 6 rings (SSSR count). The minimum Gasteiger partial charge on any atom is -0.0801 e. The maximum atomic E-state index is 2.58. The highest BCUT2D eigenvalue weighted by molar-refractivity contribution is 5.96. The van der Waals surface area contributed by atoms with Crippen molar-refractivity contribution < 1.29 is 0 Å². The Bertz CT molecular complexity index is 1800. The average Bonchev–Trinajstić information content (AvgIpc) is 3.72. The summed E-state index contributed by atoms with van der Waals surface area (Å²) in [5.74, 6) is 0. The average molecular weight is 577 g/mol. The summed E-state index contributed by atoms with van der Waals surface area (Å²) >= 11 is 0. The van der Waals surface area contributed by atoms with E-state index in [-0.39, 0.29) is 0 Å². The summed E-state index contributed by atoms with van der Waals surface area (Å²) in [6.07, 6.45) is 19.5. The molecule has 0 aliphatic heterocycles. The Kier molecular flexibility index (Phi) is 9.17. The number of rotatable bonds is 11. The highest BCUT2D eigenvalue weighted by atomic mass is 14.3. The lowest BCUT2D eigenvalue weighted by molar-refractivity contribution is 0.843. The van der Waals surface area contributed by atoms with E-state index >= 15 is 0 Å². The molecule has 2 aliphatic carbocycles. The number of hydrogen-bond acceptors (Lipinski definition) is 0. The van der Waals surface area contributed by atoms with Gasteiger partial charge in [0.1, 0.15) is 0 Å². The van der Waals surface area contributed by atoms with Crippen molar-refractivity contribution >= 4 is 17.2 Å². The third kappa shape index (κ3) is 5.23. The van der Waals surface area contributed by atoms with Crippen LogP contribution in [0.3, 0.4) is 0 Å². The largest absolute Gasteiger partial charge is 0.0801 e. The molecule has 44 heavy (non-hydrogen) atoms. The molecule has 224 valence electrons. The molecule has 0 spiro atoms. The fraction of sp³-hybridized carbons (Fsp3) is 0.318. The number of aryl methyl sites for hydroxylation is 1.